The third-order valence-corrected chi connectivity index (χ3v) is 4.17. The van der Waals surface area contributed by atoms with Gasteiger partial charge in [0, 0.05) is 18.2 Å². The van der Waals surface area contributed by atoms with Gasteiger partial charge in [-0.1, -0.05) is 0 Å². The summed E-state index contributed by atoms with van der Waals surface area (Å²) in [5, 5.41) is 7.78. The number of imide groups is 1. The Kier molecular flexibility index (Phi) is 7.08. The Balaban J connectivity index is 1.73. The van der Waals surface area contributed by atoms with Gasteiger partial charge in [0.1, 0.15) is 5.82 Å². The molecule has 0 spiro atoms. The Hall–Kier alpha value is -2.48. The highest BCUT2D eigenvalue weighted by Crippen LogP contribution is 2.19. The lowest BCUT2D eigenvalue weighted by molar-refractivity contribution is -0.122. The molecule has 0 atom stereocenters. The van der Waals surface area contributed by atoms with Gasteiger partial charge in [-0.05, 0) is 64.4 Å². The van der Waals surface area contributed by atoms with E-state index in [1.807, 2.05) is 37.8 Å². The molecule has 1 aromatic heterocycles. The number of anilines is 1. The largest absolute Gasteiger partial charge is 0.336 e. The molecule has 0 aliphatic carbocycles. The fourth-order valence-electron chi connectivity index (χ4n) is 2.85. The van der Waals surface area contributed by atoms with Gasteiger partial charge in [-0.2, -0.15) is 0 Å². The Morgan fingerprint density at radius 1 is 1.27 bits per heavy atom. The molecule has 26 heavy (non-hydrogen) atoms. The third-order valence-electron chi connectivity index (χ3n) is 4.17. The van der Waals surface area contributed by atoms with Crippen molar-refractivity contribution in [1.82, 2.24) is 20.5 Å². The monoisotopic (exact) mass is 361 g/mol. The fraction of sp³-hybridized carbons (Fsp3) is 0.556. The zero-order valence-corrected chi connectivity index (χ0v) is 15.5. The van der Waals surface area contributed by atoms with Crippen LogP contribution in [-0.2, 0) is 9.59 Å². The van der Waals surface area contributed by atoms with E-state index in [0.717, 1.165) is 5.56 Å². The standard InChI is InChI=1S/C18H27N5O3/c1-12(2)20-18(26)22-16(24)11-23-8-5-14(6-9-23)17(25)21-15-10-13(3)4-7-19-15/h4,7,10,12,14H,5-6,8-9,11H2,1-3H3,(H,19,21,25)(H2,20,22,24,26). The summed E-state index contributed by atoms with van der Waals surface area (Å²) in [7, 11) is 0. The van der Waals surface area contributed by atoms with Crippen molar-refractivity contribution in [2.24, 2.45) is 5.92 Å². The maximum Gasteiger partial charge on any atom is 0.321 e. The van der Waals surface area contributed by atoms with Gasteiger partial charge in [0.15, 0.2) is 0 Å². The Labute approximate surface area is 153 Å². The SMILES string of the molecule is Cc1ccnc(NC(=O)C2CCN(CC(=O)NC(=O)NC(C)C)CC2)c1. The quantitative estimate of drug-likeness (QED) is 0.733. The summed E-state index contributed by atoms with van der Waals surface area (Å²) in [5.74, 6) is 0.0901. The molecule has 0 radical (unpaired) electrons. The average molecular weight is 361 g/mol. The van der Waals surface area contributed by atoms with Crippen molar-refractivity contribution in [2.75, 3.05) is 25.0 Å². The minimum Gasteiger partial charge on any atom is -0.336 e. The highest BCUT2D eigenvalue weighted by Gasteiger charge is 2.26. The molecule has 1 saturated heterocycles. The number of pyridine rings is 1. The molecule has 3 N–H and O–H groups in total. The molecule has 0 bridgehead atoms. The minimum absolute atomic E-state index is 0.0278. The molecule has 1 aromatic rings. The summed E-state index contributed by atoms with van der Waals surface area (Å²) in [6.45, 7) is 7.02. The molecule has 1 aliphatic rings. The predicted molar refractivity (Wildman–Crippen MR) is 98.6 cm³/mol. The second-order valence-electron chi connectivity index (χ2n) is 6.93. The second-order valence-corrected chi connectivity index (χ2v) is 6.93. The van der Waals surface area contributed by atoms with E-state index in [-0.39, 0.29) is 30.3 Å². The number of aromatic nitrogens is 1. The van der Waals surface area contributed by atoms with Crippen LogP contribution in [0, 0.1) is 12.8 Å². The van der Waals surface area contributed by atoms with Crippen molar-refractivity contribution in [3.05, 3.63) is 23.9 Å². The molecule has 0 saturated carbocycles. The number of amides is 4. The molecule has 142 valence electrons. The molecular weight excluding hydrogens is 334 g/mol. The summed E-state index contributed by atoms with van der Waals surface area (Å²) in [6.07, 6.45) is 3.01. The van der Waals surface area contributed by atoms with Gasteiger partial charge in [-0.25, -0.2) is 9.78 Å². The zero-order chi connectivity index (χ0) is 19.1. The zero-order valence-electron chi connectivity index (χ0n) is 15.5. The molecule has 8 nitrogen and oxygen atoms in total. The van der Waals surface area contributed by atoms with Crippen LogP contribution in [0.15, 0.2) is 18.3 Å². The number of aryl methyl sites for hydroxylation is 1. The number of likely N-dealkylation sites (tertiary alicyclic amines) is 1. The van der Waals surface area contributed by atoms with Crippen molar-refractivity contribution in [3.8, 4) is 0 Å². The topological polar surface area (TPSA) is 103 Å². The number of hydrogen-bond acceptors (Lipinski definition) is 5. The maximum atomic E-state index is 12.4. The van der Waals surface area contributed by atoms with Crippen molar-refractivity contribution in [2.45, 2.75) is 39.7 Å². The van der Waals surface area contributed by atoms with Gasteiger partial charge in [0.05, 0.1) is 6.54 Å². The Morgan fingerprint density at radius 2 is 1.96 bits per heavy atom. The number of urea groups is 1. The summed E-state index contributed by atoms with van der Waals surface area (Å²) in [5.41, 5.74) is 1.04. The Morgan fingerprint density at radius 3 is 2.58 bits per heavy atom. The lowest BCUT2D eigenvalue weighted by Gasteiger charge is -2.30. The molecular formula is C18H27N5O3. The molecule has 2 heterocycles. The normalized spacial score (nSPS) is 15.5. The number of hydrogen-bond donors (Lipinski definition) is 3. The van der Waals surface area contributed by atoms with Crippen LogP contribution in [0.1, 0.15) is 32.3 Å². The first kappa shape index (κ1) is 19.8. The van der Waals surface area contributed by atoms with Gasteiger partial charge in [0.25, 0.3) is 0 Å². The minimum atomic E-state index is -0.482. The third kappa shape index (κ3) is 6.44. The van der Waals surface area contributed by atoms with E-state index in [1.165, 1.54) is 0 Å². The van der Waals surface area contributed by atoms with Crippen molar-refractivity contribution in [3.63, 3.8) is 0 Å². The van der Waals surface area contributed by atoms with Gasteiger partial charge in [-0.15, -0.1) is 0 Å². The van der Waals surface area contributed by atoms with E-state index in [1.54, 1.807) is 6.20 Å². The van der Waals surface area contributed by atoms with Crippen LogP contribution in [0.25, 0.3) is 0 Å². The van der Waals surface area contributed by atoms with Gasteiger partial charge >= 0.3 is 6.03 Å². The van der Waals surface area contributed by atoms with Gasteiger partial charge in [-0.3, -0.25) is 19.8 Å². The van der Waals surface area contributed by atoms with Crippen LogP contribution in [-0.4, -0.2) is 53.4 Å². The molecule has 0 unspecified atom stereocenters. The van der Waals surface area contributed by atoms with E-state index >= 15 is 0 Å². The number of rotatable bonds is 5. The fourth-order valence-corrected chi connectivity index (χ4v) is 2.85. The summed E-state index contributed by atoms with van der Waals surface area (Å²) in [4.78, 5) is 41.9. The number of carbonyl (C=O) groups is 3. The van der Waals surface area contributed by atoms with Crippen molar-refractivity contribution >= 4 is 23.7 Å². The highest BCUT2D eigenvalue weighted by molar-refractivity contribution is 5.95. The average Bonchev–Trinajstić information content (AvgIpc) is 2.54. The van der Waals surface area contributed by atoms with E-state index < -0.39 is 6.03 Å². The van der Waals surface area contributed by atoms with Gasteiger partial charge < -0.3 is 10.6 Å². The second kappa shape index (κ2) is 9.28. The van der Waals surface area contributed by atoms with E-state index in [0.29, 0.717) is 31.7 Å². The van der Waals surface area contributed by atoms with Crippen LogP contribution in [0.5, 0.6) is 0 Å². The van der Waals surface area contributed by atoms with Crippen LogP contribution < -0.4 is 16.0 Å². The summed E-state index contributed by atoms with van der Waals surface area (Å²) < 4.78 is 0. The summed E-state index contributed by atoms with van der Waals surface area (Å²) >= 11 is 0. The van der Waals surface area contributed by atoms with Crippen LogP contribution in [0.2, 0.25) is 0 Å². The smallest absolute Gasteiger partial charge is 0.321 e. The van der Waals surface area contributed by atoms with E-state index in [4.69, 9.17) is 0 Å². The van der Waals surface area contributed by atoms with Gasteiger partial charge in [0.2, 0.25) is 11.8 Å². The first-order chi connectivity index (χ1) is 12.3. The number of carbonyl (C=O) groups excluding carboxylic acids is 3. The summed E-state index contributed by atoms with van der Waals surface area (Å²) in [6, 6.07) is 3.20. The molecule has 1 aliphatic heterocycles. The van der Waals surface area contributed by atoms with Crippen LogP contribution in [0.4, 0.5) is 10.6 Å². The Bertz CT molecular complexity index is 654. The number of nitrogens with one attached hydrogen (secondary N) is 3. The van der Waals surface area contributed by atoms with Crippen molar-refractivity contribution < 1.29 is 14.4 Å². The highest BCUT2D eigenvalue weighted by atomic mass is 16.2. The molecule has 0 aromatic carbocycles. The molecule has 2 rings (SSSR count). The number of nitrogens with zero attached hydrogens (tertiary/aromatic N) is 2. The maximum absolute atomic E-state index is 12.4. The molecule has 4 amide bonds. The van der Waals surface area contributed by atoms with Crippen molar-refractivity contribution in [1.29, 1.82) is 0 Å². The van der Waals surface area contributed by atoms with Crippen LogP contribution in [0.3, 0.4) is 0 Å². The molecule has 1 fully saturated rings. The first-order valence-corrected chi connectivity index (χ1v) is 8.89. The lowest BCUT2D eigenvalue weighted by Crippen LogP contribution is -2.48. The van der Waals surface area contributed by atoms with E-state index in [9.17, 15) is 14.4 Å². The first-order valence-electron chi connectivity index (χ1n) is 8.89. The van der Waals surface area contributed by atoms with Crippen LogP contribution >= 0.6 is 0 Å². The predicted octanol–water partition coefficient (Wildman–Crippen LogP) is 1.27. The lowest BCUT2D eigenvalue weighted by atomic mass is 9.96. The number of piperidine rings is 1. The molecule has 8 heteroatoms. The van der Waals surface area contributed by atoms with E-state index in [2.05, 4.69) is 20.9 Å².